The Morgan fingerprint density at radius 2 is 0.882 bits per heavy atom. The summed E-state index contributed by atoms with van der Waals surface area (Å²) in [4.78, 5) is 13.1. The van der Waals surface area contributed by atoms with Crippen molar-refractivity contribution in [2.45, 2.75) is 0 Å². The van der Waals surface area contributed by atoms with Gasteiger partial charge in [0.05, 0.1) is 29.2 Å². The molecule has 5 N–H and O–H groups in total. The van der Waals surface area contributed by atoms with Gasteiger partial charge < -0.3 is 34.7 Å². The lowest BCUT2D eigenvalue weighted by Gasteiger charge is -2.09. The zero-order chi connectivity index (χ0) is 35.0. The van der Waals surface area contributed by atoms with Crippen molar-refractivity contribution in [3.8, 4) is 11.5 Å². The van der Waals surface area contributed by atoms with Crippen LogP contribution >= 0.6 is 0 Å². The van der Waals surface area contributed by atoms with E-state index in [1.807, 2.05) is 19.2 Å². The van der Waals surface area contributed by atoms with E-state index in [4.69, 9.17) is 9.47 Å². The van der Waals surface area contributed by atoms with Crippen LogP contribution in [0.25, 0.3) is 87.2 Å². The molecule has 4 heterocycles. The molecule has 0 radical (unpaired) electrons. The fourth-order valence-electron chi connectivity index (χ4n) is 7.21. The minimum Gasteiger partial charge on any atom is -0.492 e. The Morgan fingerprint density at radius 3 is 1.35 bits per heavy atom. The largest absolute Gasteiger partial charge is 0.492 e. The van der Waals surface area contributed by atoms with Crippen molar-refractivity contribution >= 4 is 87.2 Å². The summed E-state index contributed by atoms with van der Waals surface area (Å²) < 4.78 is 66.4. The van der Waals surface area contributed by atoms with Crippen LogP contribution in [-0.2, 0) is 0 Å². The van der Waals surface area contributed by atoms with E-state index < -0.39 is 0 Å². The van der Waals surface area contributed by atoms with Crippen LogP contribution in [0.5, 0.6) is 11.5 Å². The van der Waals surface area contributed by atoms with Gasteiger partial charge in [0, 0.05) is 71.7 Å². The molecule has 51 heavy (non-hydrogen) atoms. The predicted molar refractivity (Wildman–Crippen MR) is 196 cm³/mol. The molecule has 0 spiro atoms. The molecular formula is C40H29F4N5O2. The maximum absolute atomic E-state index is 13.8. The number of nitrogens with one attached hydrogen (secondary N) is 5. The van der Waals surface area contributed by atoms with E-state index in [-0.39, 0.29) is 23.3 Å². The van der Waals surface area contributed by atoms with Crippen LogP contribution in [0.1, 0.15) is 0 Å². The summed E-state index contributed by atoms with van der Waals surface area (Å²) in [6.45, 7) is 1.15. The second-order valence-corrected chi connectivity index (χ2v) is 12.5. The Kier molecular flexibility index (Phi) is 7.07. The van der Waals surface area contributed by atoms with Gasteiger partial charge in [0.15, 0.2) is 11.5 Å². The summed E-state index contributed by atoms with van der Waals surface area (Å²) in [5.74, 6) is 0.109. The van der Waals surface area contributed by atoms with Gasteiger partial charge in [0.1, 0.15) is 29.9 Å². The molecule has 0 amide bonds. The summed E-state index contributed by atoms with van der Waals surface area (Å²) in [6, 6.07) is 22.6. The number of benzene rings is 6. The minimum absolute atomic E-state index is 0.292. The Labute approximate surface area is 286 Å². The molecule has 10 aromatic rings. The highest BCUT2D eigenvalue weighted by atomic mass is 19.1. The standard InChI is InChI=1S/C21H17F2N3O.C19H12F2N2O/c1-24-6-7-27-21-19-15(13-8-11(22)2-4-17(13)25-19)10-16-14-9-12(23)3-5-18(14)26-20(16)21;1-24-19-17-13(11-4-2-9(20)6-15(11)22-17)8-14-12-5-3-10(21)7-16(12)23-18(14)19/h2-5,8-10,24-26H,6-7H2,1H3;2-8,22-23H,1H3. The number of methoxy groups -OCH3 is 1. The molecular weight excluding hydrogens is 658 g/mol. The van der Waals surface area contributed by atoms with E-state index in [0.29, 0.717) is 35.7 Å². The van der Waals surface area contributed by atoms with Gasteiger partial charge in [0.25, 0.3) is 0 Å². The van der Waals surface area contributed by atoms with Gasteiger partial charge in [-0.1, -0.05) is 0 Å². The lowest BCUT2D eigenvalue weighted by atomic mass is 10.1. The van der Waals surface area contributed by atoms with Crippen molar-refractivity contribution in [2.24, 2.45) is 0 Å². The van der Waals surface area contributed by atoms with E-state index in [1.165, 1.54) is 48.5 Å². The molecule has 4 aromatic heterocycles. The zero-order valence-electron chi connectivity index (χ0n) is 27.3. The van der Waals surface area contributed by atoms with Gasteiger partial charge in [-0.25, -0.2) is 17.6 Å². The monoisotopic (exact) mass is 687 g/mol. The molecule has 0 bridgehead atoms. The first-order valence-corrected chi connectivity index (χ1v) is 16.3. The first kappa shape index (κ1) is 30.8. The lowest BCUT2D eigenvalue weighted by Crippen LogP contribution is -2.16. The Hall–Kier alpha value is -6.20. The van der Waals surface area contributed by atoms with Gasteiger partial charge >= 0.3 is 0 Å². The third kappa shape index (κ3) is 4.91. The summed E-state index contributed by atoms with van der Waals surface area (Å²) >= 11 is 0. The predicted octanol–water partition coefficient (Wildman–Crippen LogP) is 10.1. The molecule has 254 valence electrons. The van der Waals surface area contributed by atoms with E-state index in [9.17, 15) is 17.6 Å². The number of hydrogen-bond acceptors (Lipinski definition) is 3. The summed E-state index contributed by atoms with van der Waals surface area (Å²) in [5, 5.41) is 10.0. The summed E-state index contributed by atoms with van der Waals surface area (Å²) in [7, 11) is 3.45. The lowest BCUT2D eigenvalue weighted by molar-refractivity contribution is 0.324. The van der Waals surface area contributed by atoms with Crippen molar-refractivity contribution < 1.29 is 27.0 Å². The van der Waals surface area contributed by atoms with Gasteiger partial charge in [-0.2, -0.15) is 0 Å². The molecule has 0 saturated carbocycles. The Balaban J connectivity index is 0.000000137. The smallest absolute Gasteiger partial charge is 0.167 e. The van der Waals surface area contributed by atoms with Gasteiger partial charge in [-0.3, -0.25) is 0 Å². The van der Waals surface area contributed by atoms with Crippen LogP contribution in [0.4, 0.5) is 17.6 Å². The molecule has 0 aliphatic heterocycles. The molecule has 7 nitrogen and oxygen atoms in total. The highest BCUT2D eigenvalue weighted by molar-refractivity contribution is 6.22. The molecule has 0 atom stereocenters. The highest BCUT2D eigenvalue weighted by Crippen LogP contribution is 2.42. The first-order chi connectivity index (χ1) is 24.8. The summed E-state index contributed by atoms with van der Waals surface area (Å²) in [6.07, 6.45) is 0. The Bertz CT molecular complexity index is 2800. The normalized spacial score (nSPS) is 12.0. The van der Waals surface area contributed by atoms with Crippen molar-refractivity contribution in [3.05, 3.63) is 108 Å². The van der Waals surface area contributed by atoms with Gasteiger partial charge in [0.2, 0.25) is 0 Å². The molecule has 0 aliphatic carbocycles. The molecule has 11 heteroatoms. The molecule has 0 unspecified atom stereocenters. The molecule has 10 rings (SSSR count). The molecule has 0 fully saturated rings. The van der Waals surface area contributed by atoms with Crippen molar-refractivity contribution in [2.75, 3.05) is 27.3 Å². The first-order valence-electron chi connectivity index (χ1n) is 16.3. The number of hydrogen-bond donors (Lipinski definition) is 5. The van der Waals surface area contributed by atoms with Crippen molar-refractivity contribution in [1.29, 1.82) is 0 Å². The number of likely N-dealkylation sites (N-methyl/N-ethyl adjacent to an activating group) is 1. The molecule has 6 aromatic carbocycles. The quantitative estimate of drug-likeness (QED) is 0.0921. The minimum atomic E-state index is -0.300. The number of fused-ring (bicyclic) bond motifs is 12. The fourth-order valence-corrected chi connectivity index (χ4v) is 7.21. The van der Waals surface area contributed by atoms with E-state index in [2.05, 4.69) is 25.3 Å². The Morgan fingerprint density at radius 1 is 0.471 bits per heavy atom. The average Bonchev–Trinajstić information content (AvgIpc) is 3.87. The maximum atomic E-state index is 13.8. The SMILES string of the molecule is CNCCOc1c2[nH]c3ccc(F)cc3c2cc2c1[nH]c1ccc(F)cc12.COc1c2[nH]c3cc(F)ccc3c2cc2c1[nH]c1cc(F)ccc12. The van der Waals surface area contributed by atoms with E-state index >= 15 is 0 Å². The second-order valence-electron chi connectivity index (χ2n) is 12.5. The number of ether oxygens (including phenoxy) is 2. The van der Waals surface area contributed by atoms with E-state index in [1.54, 1.807) is 31.4 Å². The van der Waals surface area contributed by atoms with Crippen LogP contribution < -0.4 is 14.8 Å². The third-order valence-electron chi connectivity index (χ3n) is 9.49. The van der Waals surface area contributed by atoms with E-state index in [0.717, 1.165) is 76.2 Å². The zero-order valence-corrected chi connectivity index (χ0v) is 27.3. The number of aromatic amines is 4. The van der Waals surface area contributed by atoms with Crippen molar-refractivity contribution in [3.63, 3.8) is 0 Å². The van der Waals surface area contributed by atoms with Crippen molar-refractivity contribution in [1.82, 2.24) is 25.3 Å². The summed E-state index contributed by atoms with van der Waals surface area (Å²) in [5.41, 5.74) is 6.26. The topological polar surface area (TPSA) is 93.6 Å². The van der Waals surface area contributed by atoms with Crippen LogP contribution in [0.15, 0.2) is 84.9 Å². The second kappa shape index (κ2) is 11.7. The third-order valence-corrected chi connectivity index (χ3v) is 9.49. The van der Waals surface area contributed by atoms with Crippen LogP contribution in [-0.4, -0.2) is 47.2 Å². The maximum Gasteiger partial charge on any atom is 0.167 e. The highest BCUT2D eigenvalue weighted by Gasteiger charge is 2.19. The number of halogens is 4. The van der Waals surface area contributed by atoms with Crippen LogP contribution in [0.2, 0.25) is 0 Å². The fraction of sp³-hybridized carbons (Fsp3) is 0.100. The number of rotatable bonds is 5. The van der Waals surface area contributed by atoms with Crippen LogP contribution in [0, 0.1) is 23.3 Å². The number of H-pyrrole nitrogens is 4. The van der Waals surface area contributed by atoms with Gasteiger partial charge in [-0.05, 0) is 92.0 Å². The van der Waals surface area contributed by atoms with Gasteiger partial charge in [-0.15, -0.1) is 0 Å². The molecule has 0 aliphatic rings. The van der Waals surface area contributed by atoms with Crippen LogP contribution in [0.3, 0.4) is 0 Å². The average molecular weight is 688 g/mol. The molecule has 0 saturated heterocycles. The number of aromatic nitrogens is 4.